The fourth-order valence-electron chi connectivity index (χ4n) is 2.46. The highest BCUT2D eigenvalue weighted by molar-refractivity contribution is 4.80. The summed E-state index contributed by atoms with van der Waals surface area (Å²) in [5.41, 5.74) is 6.15. The molecule has 0 bridgehead atoms. The summed E-state index contributed by atoms with van der Waals surface area (Å²) in [7, 11) is 1.78. The lowest BCUT2D eigenvalue weighted by Crippen LogP contribution is -2.34. The van der Waals surface area contributed by atoms with Crippen molar-refractivity contribution in [2.75, 3.05) is 13.7 Å². The summed E-state index contributed by atoms with van der Waals surface area (Å²) in [5, 5.41) is 0. The second-order valence-electron chi connectivity index (χ2n) is 4.40. The van der Waals surface area contributed by atoms with Gasteiger partial charge in [-0.2, -0.15) is 0 Å². The molecule has 0 heterocycles. The van der Waals surface area contributed by atoms with E-state index in [-0.39, 0.29) is 0 Å². The Labute approximate surface area is 81.8 Å². The van der Waals surface area contributed by atoms with E-state index < -0.39 is 0 Å². The van der Waals surface area contributed by atoms with Crippen LogP contribution in [-0.2, 0) is 4.74 Å². The van der Waals surface area contributed by atoms with Crippen molar-refractivity contribution < 1.29 is 4.74 Å². The molecule has 1 saturated carbocycles. The zero-order valence-electron chi connectivity index (χ0n) is 8.96. The van der Waals surface area contributed by atoms with Crippen LogP contribution in [-0.4, -0.2) is 19.8 Å². The summed E-state index contributed by atoms with van der Waals surface area (Å²) in [4.78, 5) is 0. The van der Waals surface area contributed by atoms with Crippen molar-refractivity contribution in [3.8, 4) is 0 Å². The maximum atomic E-state index is 6.15. The quantitative estimate of drug-likeness (QED) is 0.684. The van der Waals surface area contributed by atoms with Gasteiger partial charge in [-0.05, 0) is 24.7 Å². The average molecular weight is 185 g/mol. The molecule has 2 N–H and O–H groups in total. The number of hydrogen-bond acceptors (Lipinski definition) is 2. The van der Waals surface area contributed by atoms with Gasteiger partial charge in [-0.1, -0.05) is 26.2 Å². The smallest absolute Gasteiger partial charge is 0.0491 e. The van der Waals surface area contributed by atoms with Crippen molar-refractivity contribution in [1.82, 2.24) is 0 Å². The molecule has 78 valence electrons. The minimum absolute atomic E-state index is 0.410. The number of ether oxygens (including phenoxy) is 1. The van der Waals surface area contributed by atoms with Gasteiger partial charge in [0.05, 0.1) is 0 Å². The fourth-order valence-corrected chi connectivity index (χ4v) is 2.46. The molecule has 1 fully saturated rings. The van der Waals surface area contributed by atoms with E-state index in [4.69, 9.17) is 10.5 Å². The number of hydrogen-bond donors (Lipinski definition) is 1. The van der Waals surface area contributed by atoms with Gasteiger partial charge in [-0.15, -0.1) is 0 Å². The molecule has 1 aliphatic rings. The number of methoxy groups -OCH3 is 1. The molecule has 0 saturated heterocycles. The lowest BCUT2D eigenvalue weighted by molar-refractivity contribution is 0.117. The first-order valence-electron chi connectivity index (χ1n) is 5.50. The van der Waals surface area contributed by atoms with Crippen molar-refractivity contribution in [3.05, 3.63) is 0 Å². The van der Waals surface area contributed by atoms with E-state index in [1.807, 2.05) is 0 Å². The third-order valence-corrected chi connectivity index (χ3v) is 3.29. The molecule has 3 atom stereocenters. The molecule has 13 heavy (non-hydrogen) atoms. The molecule has 0 amide bonds. The van der Waals surface area contributed by atoms with E-state index >= 15 is 0 Å². The predicted molar refractivity (Wildman–Crippen MR) is 55.6 cm³/mol. The van der Waals surface area contributed by atoms with Crippen LogP contribution >= 0.6 is 0 Å². The van der Waals surface area contributed by atoms with Gasteiger partial charge < -0.3 is 10.5 Å². The van der Waals surface area contributed by atoms with Gasteiger partial charge in [0.15, 0.2) is 0 Å². The molecule has 0 spiro atoms. The van der Waals surface area contributed by atoms with Gasteiger partial charge in [0.2, 0.25) is 0 Å². The Morgan fingerprint density at radius 2 is 2.00 bits per heavy atom. The fraction of sp³-hybridized carbons (Fsp3) is 1.00. The first-order chi connectivity index (χ1) is 6.25. The van der Waals surface area contributed by atoms with Crippen LogP contribution in [0.5, 0.6) is 0 Å². The predicted octanol–water partition coefficient (Wildman–Crippen LogP) is 2.18. The lowest BCUT2D eigenvalue weighted by atomic mass is 9.84. The molecular formula is C11H23NO. The average Bonchev–Trinajstić information content (AvgIpc) is 2.30. The normalized spacial score (nSPS) is 32.5. The van der Waals surface area contributed by atoms with Crippen LogP contribution in [0, 0.1) is 11.8 Å². The topological polar surface area (TPSA) is 35.2 Å². The summed E-state index contributed by atoms with van der Waals surface area (Å²) in [6.07, 6.45) is 6.54. The summed E-state index contributed by atoms with van der Waals surface area (Å²) in [5.74, 6) is 1.31. The molecule has 1 aliphatic carbocycles. The van der Waals surface area contributed by atoms with Crippen LogP contribution in [0.15, 0.2) is 0 Å². The standard InChI is InChI=1S/C11H23NO/c1-9(8-13-2)10-6-4-3-5-7-11(10)12/h9-11H,3-8,12H2,1-2H3. The van der Waals surface area contributed by atoms with Gasteiger partial charge in [0.1, 0.15) is 0 Å². The summed E-state index contributed by atoms with van der Waals surface area (Å²) in [6.45, 7) is 3.12. The Balaban J connectivity index is 2.43. The van der Waals surface area contributed by atoms with E-state index in [2.05, 4.69) is 6.92 Å². The summed E-state index contributed by atoms with van der Waals surface area (Å²) >= 11 is 0. The zero-order valence-corrected chi connectivity index (χ0v) is 8.96. The second kappa shape index (κ2) is 5.61. The second-order valence-corrected chi connectivity index (χ2v) is 4.40. The first-order valence-corrected chi connectivity index (χ1v) is 5.50. The van der Waals surface area contributed by atoms with Gasteiger partial charge in [-0.3, -0.25) is 0 Å². The van der Waals surface area contributed by atoms with Gasteiger partial charge in [-0.25, -0.2) is 0 Å². The Hall–Kier alpha value is -0.0800. The Bertz CT molecular complexity index is 138. The Morgan fingerprint density at radius 1 is 1.31 bits per heavy atom. The van der Waals surface area contributed by atoms with Gasteiger partial charge >= 0.3 is 0 Å². The number of rotatable bonds is 3. The largest absolute Gasteiger partial charge is 0.384 e. The molecule has 3 unspecified atom stereocenters. The molecule has 2 nitrogen and oxygen atoms in total. The molecule has 2 heteroatoms. The lowest BCUT2D eigenvalue weighted by Gasteiger charge is -2.27. The van der Waals surface area contributed by atoms with E-state index in [1.54, 1.807) is 7.11 Å². The third-order valence-electron chi connectivity index (χ3n) is 3.29. The zero-order chi connectivity index (χ0) is 9.68. The van der Waals surface area contributed by atoms with Gasteiger partial charge in [0.25, 0.3) is 0 Å². The molecule has 0 aromatic carbocycles. The van der Waals surface area contributed by atoms with Crippen molar-refractivity contribution in [2.45, 2.75) is 45.1 Å². The van der Waals surface area contributed by atoms with Crippen LogP contribution in [0.25, 0.3) is 0 Å². The van der Waals surface area contributed by atoms with Crippen LogP contribution in [0.4, 0.5) is 0 Å². The highest BCUT2D eigenvalue weighted by Crippen LogP contribution is 2.28. The van der Waals surface area contributed by atoms with Crippen LogP contribution in [0.3, 0.4) is 0 Å². The highest BCUT2D eigenvalue weighted by atomic mass is 16.5. The minimum atomic E-state index is 0.410. The molecule has 0 radical (unpaired) electrons. The van der Waals surface area contributed by atoms with Crippen LogP contribution in [0.2, 0.25) is 0 Å². The van der Waals surface area contributed by atoms with Crippen molar-refractivity contribution >= 4 is 0 Å². The van der Waals surface area contributed by atoms with Crippen LogP contribution in [0.1, 0.15) is 39.0 Å². The number of nitrogens with two attached hydrogens (primary N) is 1. The molecule has 0 aromatic rings. The van der Waals surface area contributed by atoms with Gasteiger partial charge in [0, 0.05) is 19.8 Å². The SMILES string of the molecule is COCC(C)C1CCCCCC1N. The Morgan fingerprint density at radius 3 is 2.69 bits per heavy atom. The molecular weight excluding hydrogens is 162 g/mol. The summed E-state index contributed by atoms with van der Waals surface area (Å²) < 4.78 is 5.19. The van der Waals surface area contributed by atoms with Crippen molar-refractivity contribution in [3.63, 3.8) is 0 Å². The van der Waals surface area contributed by atoms with E-state index in [1.165, 1.54) is 32.1 Å². The minimum Gasteiger partial charge on any atom is -0.384 e. The first kappa shape index (κ1) is 11.0. The van der Waals surface area contributed by atoms with E-state index in [9.17, 15) is 0 Å². The third kappa shape index (κ3) is 3.28. The van der Waals surface area contributed by atoms with Crippen LogP contribution < -0.4 is 5.73 Å². The maximum Gasteiger partial charge on any atom is 0.0491 e. The van der Waals surface area contributed by atoms with Crippen molar-refractivity contribution in [2.24, 2.45) is 17.6 Å². The molecule has 0 aromatic heterocycles. The Kier molecular flexibility index (Phi) is 4.74. The monoisotopic (exact) mass is 185 g/mol. The van der Waals surface area contributed by atoms with E-state index in [0.717, 1.165) is 6.61 Å². The molecule has 0 aliphatic heterocycles. The maximum absolute atomic E-state index is 6.15. The summed E-state index contributed by atoms with van der Waals surface area (Å²) in [6, 6.07) is 0.410. The molecule has 1 rings (SSSR count). The van der Waals surface area contributed by atoms with Crippen molar-refractivity contribution in [1.29, 1.82) is 0 Å². The highest BCUT2D eigenvalue weighted by Gasteiger charge is 2.25. The van der Waals surface area contributed by atoms with E-state index in [0.29, 0.717) is 17.9 Å².